The molecular formula is C11H9F6N3O. The minimum atomic E-state index is -4.68. The molecule has 0 aliphatic rings. The maximum atomic E-state index is 12.5. The molecule has 0 saturated heterocycles. The number of alkyl halides is 6. The third-order valence-corrected chi connectivity index (χ3v) is 2.11. The molecule has 0 spiro atoms. The standard InChI is InChI=1S/C11H9F6N3O/c12-10(13,14)6-21-4-3-19-9-7(5-18)1-2-8(20-9)11(15,16)17/h1-2H,3-4,6H2,(H,19,20). The Bertz CT molecular complexity index is 520. The van der Waals surface area contributed by atoms with E-state index in [0.29, 0.717) is 6.07 Å². The van der Waals surface area contributed by atoms with E-state index in [1.807, 2.05) is 0 Å². The minimum Gasteiger partial charge on any atom is -0.370 e. The Hall–Kier alpha value is -2.02. The molecular weight excluding hydrogens is 304 g/mol. The molecule has 0 radical (unpaired) electrons. The number of hydrogen-bond acceptors (Lipinski definition) is 4. The zero-order valence-electron chi connectivity index (χ0n) is 10.3. The van der Waals surface area contributed by atoms with Gasteiger partial charge in [0.1, 0.15) is 24.2 Å². The van der Waals surface area contributed by atoms with E-state index in [9.17, 15) is 26.3 Å². The van der Waals surface area contributed by atoms with Crippen LogP contribution in [0.2, 0.25) is 0 Å². The van der Waals surface area contributed by atoms with Crippen LogP contribution >= 0.6 is 0 Å². The van der Waals surface area contributed by atoms with Gasteiger partial charge in [-0.25, -0.2) is 4.98 Å². The molecule has 10 heteroatoms. The smallest absolute Gasteiger partial charge is 0.370 e. The predicted molar refractivity (Wildman–Crippen MR) is 59.3 cm³/mol. The Morgan fingerprint density at radius 2 is 1.86 bits per heavy atom. The van der Waals surface area contributed by atoms with Crippen molar-refractivity contribution in [2.24, 2.45) is 0 Å². The first-order valence-corrected chi connectivity index (χ1v) is 5.50. The summed E-state index contributed by atoms with van der Waals surface area (Å²) in [5, 5.41) is 11.1. The van der Waals surface area contributed by atoms with Crippen LogP contribution < -0.4 is 5.32 Å². The second-order valence-corrected chi connectivity index (χ2v) is 3.80. The van der Waals surface area contributed by atoms with Crippen molar-refractivity contribution in [1.82, 2.24) is 4.98 Å². The van der Waals surface area contributed by atoms with E-state index < -0.39 is 31.3 Å². The molecule has 21 heavy (non-hydrogen) atoms. The quantitative estimate of drug-likeness (QED) is 0.671. The van der Waals surface area contributed by atoms with E-state index in [1.165, 1.54) is 0 Å². The molecule has 1 rings (SSSR count). The minimum absolute atomic E-state index is 0.154. The lowest BCUT2D eigenvalue weighted by Crippen LogP contribution is -2.20. The largest absolute Gasteiger partial charge is 0.433 e. The van der Waals surface area contributed by atoms with E-state index >= 15 is 0 Å². The third-order valence-electron chi connectivity index (χ3n) is 2.11. The first-order valence-electron chi connectivity index (χ1n) is 5.50. The summed E-state index contributed by atoms with van der Waals surface area (Å²) in [5.41, 5.74) is -1.36. The Morgan fingerprint density at radius 3 is 2.38 bits per heavy atom. The van der Waals surface area contributed by atoms with Crippen LogP contribution in [0, 0.1) is 11.3 Å². The van der Waals surface area contributed by atoms with Gasteiger partial charge in [0.2, 0.25) is 0 Å². The molecule has 4 nitrogen and oxygen atoms in total. The van der Waals surface area contributed by atoms with Crippen LogP contribution in [-0.2, 0) is 10.9 Å². The van der Waals surface area contributed by atoms with Crippen LogP contribution in [0.1, 0.15) is 11.3 Å². The molecule has 0 aliphatic heterocycles. The number of nitrogens with one attached hydrogen (secondary N) is 1. The number of halogens is 6. The van der Waals surface area contributed by atoms with E-state index in [1.54, 1.807) is 6.07 Å². The normalized spacial score (nSPS) is 12.0. The molecule has 0 aliphatic carbocycles. The highest BCUT2D eigenvalue weighted by Crippen LogP contribution is 2.29. The maximum absolute atomic E-state index is 12.5. The molecule has 116 valence electrons. The van der Waals surface area contributed by atoms with Crippen LogP contribution in [0.15, 0.2) is 12.1 Å². The zero-order valence-corrected chi connectivity index (χ0v) is 10.3. The third kappa shape index (κ3) is 5.86. The highest BCUT2D eigenvalue weighted by Gasteiger charge is 2.33. The molecule has 0 aromatic carbocycles. The second-order valence-electron chi connectivity index (χ2n) is 3.80. The maximum Gasteiger partial charge on any atom is 0.433 e. The first-order chi connectivity index (χ1) is 9.63. The molecule has 0 atom stereocenters. The summed E-state index contributed by atoms with van der Waals surface area (Å²) in [6.07, 6.45) is -9.16. The van der Waals surface area contributed by atoms with Crippen LogP contribution in [0.4, 0.5) is 32.2 Å². The van der Waals surface area contributed by atoms with Crippen molar-refractivity contribution in [3.63, 3.8) is 0 Å². The topological polar surface area (TPSA) is 57.9 Å². The summed E-state index contributed by atoms with van der Waals surface area (Å²) in [5.74, 6) is -0.358. The average molecular weight is 313 g/mol. The lowest BCUT2D eigenvalue weighted by molar-refractivity contribution is -0.172. The molecule has 1 N–H and O–H groups in total. The van der Waals surface area contributed by atoms with Crippen molar-refractivity contribution in [1.29, 1.82) is 5.26 Å². The van der Waals surface area contributed by atoms with Gasteiger partial charge in [-0.1, -0.05) is 0 Å². The van der Waals surface area contributed by atoms with Crippen molar-refractivity contribution < 1.29 is 31.1 Å². The van der Waals surface area contributed by atoms with Crippen LogP contribution in [0.3, 0.4) is 0 Å². The van der Waals surface area contributed by atoms with Gasteiger partial charge in [-0.15, -0.1) is 0 Å². The van der Waals surface area contributed by atoms with Crippen molar-refractivity contribution in [2.75, 3.05) is 25.1 Å². The molecule has 0 fully saturated rings. The number of rotatable bonds is 5. The number of ether oxygens (including phenoxy) is 1. The Labute approximate surface area is 115 Å². The van der Waals surface area contributed by atoms with Gasteiger partial charge in [-0.2, -0.15) is 31.6 Å². The fourth-order valence-corrected chi connectivity index (χ4v) is 1.27. The number of pyridine rings is 1. The molecule has 0 unspecified atom stereocenters. The molecule has 1 heterocycles. The van der Waals surface area contributed by atoms with E-state index in [0.717, 1.165) is 6.07 Å². The summed E-state index contributed by atoms with van der Waals surface area (Å²) in [6, 6.07) is 3.19. The zero-order chi connectivity index (χ0) is 16.1. The summed E-state index contributed by atoms with van der Waals surface area (Å²) < 4.78 is 77.0. The summed E-state index contributed by atoms with van der Waals surface area (Å²) >= 11 is 0. The number of anilines is 1. The van der Waals surface area contributed by atoms with Gasteiger partial charge in [0.15, 0.2) is 0 Å². The summed E-state index contributed by atoms with van der Waals surface area (Å²) in [4.78, 5) is 3.22. The first kappa shape index (κ1) is 17.0. The van der Waals surface area contributed by atoms with Crippen LogP contribution in [-0.4, -0.2) is 30.9 Å². The van der Waals surface area contributed by atoms with Gasteiger partial charge in [-0.05, 0) is 12.1 Å². The van der Waals surface area contributed by atoms with Crippen molar-refractivity contribution in [2.45, 2.75) is 12.4 Å². The Morgan fingerprint density at radius 1 is 1.19 bits per heavy atom. The highest BCUT2D eigenvalue weighted by molar-refractivity contribution is 5.52. The van der Waals surface area contributed by atoms with Crippen molar-refractivity contribution >= 4 is 5.82 Å². The van der Waals surface area contributed by atoms with E-state index in [4.69, 9.17) is 5.26 Å². The Balaban J connectivity index is 2.63. The molecule has 1 aromatic heterocycles. The fourth-order valence-electron chi connectivity index (χ4n) is 1.27. The SMILES string of the molecule is N#Cc1ccc(C(F)(F)F)nc1NCCOCC(F)(F)F. The number of hydrogen-bond donors (Lipinski definition) is 1. The molecule has 0 saturated carbocycles. The van der Waals surface area contributed by atoms with Crippen LogP contribution in [0.5, 0.6) is 0 Å². The van der Waals surface area contributed by atoms with Crippen LogP contribution in [0.25, 0.3) is 0 Å². The molecule has 0 bridgehead atoms. The van der Waals surface area contributed by atoms with Gasteiger partial charge >= 0.3 is 12.4 Å². The van der Waals surface area contributed by atoms with Crippen molar-refractivity contribution in [3.8, 4) is 6.07 Å². The monoisotopic (exact) mass is 313 g/mol. The molecule has 0 amide bonds. The second kappa shape index (κ2) is 6.62. The molecule has 1 aromatic rings. The predicted octanol–water partition coefficient (Wildman–Crippen LogP) is 2.96. The van der Waals surface area contributed by atoms with Crippen molar-refractivity contribution in [3.05, 3.63) is 23.4 Å². The fraction of sp³-hybridized carbons (Fsp3) is 0.455. The Kier molecular flexibility index (Phi) is 5.37. The van der Waals surface area contributed by atoms with Gasteiger partial charge < -0.3 is 10.1 Å². The number of aromatic nitrogens is 1. The summed E-state index contributed by atoms with van der Waals surface area (Å²) in [6.45, 7) is -2.09. The van der Waals surface area contributed by atoms with E-state index in [-0.39, 0.29) is 17.9 Å². The number of nitrogens with zero attached hydrogens (tertiary/aromatic N) is 2. The van der Waals surface area contributed by atoms with Gasteiger partial charge in [0.05, 0.1) is 12.2 Å². The number of nitriles is 1. The average Bonchev–Trinajstić information content (AvgIpc) is 2.35. The highest BCUT2D eigenvalue weighted by atomic mass is 19.4. The lowest BCUT2D eigenvalue weighted by atomic mass is 10.2. The lowest BCUT2D eigenvalue weighted by Gasteiger charge is -2.12. The summed E-state index contributed by atoms with van der Waals surface area (Å²) in [7, 11) is 0. The van der Waals surface area contributed by atoms with Gasteiger partial charge in [0, 0.05) is 6.54 Å². The van der Waals surface area contributed by atoms with Gasteiger partial charge in [0.25, 0.3) is 0 Å². The van der Waals surface area contributed by atoms with Gasteiger partial charge in [-0.3, -0.25) is 0 Å². The van der Waals surface area contributed by atoms with E-state index in [2.05, 4.69) is 15.0 Å².